The number of fused-ring (bicyclic) bond motifs is 2. The van der Waals surface area contributed by atoms with Crippen molar-refractivity contribution in [3.63, 3.8) is 0 Å². The van der Waals surface area contributed by atoms with Gasteiger partial charge in [-0.05, 0) is 56.9 Å². The summed E-state index contributed by atoms with van der Waals surface area (Å²) >= 11 is 0. The number of benzene rings is 2. The lowest BCUT2D eigenvalue weighted by molar-refractivity contribution is 0.0722. The van der Waals surface area contributed by atoms with E-state index < -0.39 is 6.04 Å². The lowest BCUT2D eigenvalue weighted by Crippen LogP contribution is -2.32. The Morgan fingerprint density at radius 2 is 1.87 bits per heavy atom. The Morgan fingerprint density at radius 3 is 2.58 bits per heavy atom. The van der Waals surface area contributed by atoms with E-state index in [4.69, 9.17) is 9.15 Å². The number of nitrogens with zero attached hydrogens (tertiary/aromatic N) is 2. The van der Waals surface area contributed by atoms with Gasteiger partial charge in [0.25, 0.3) is 5.91 Å². The molecule has 1 aliphatic heterocycles. The predicted octanol–water partition coefficient (Wildman–Crippen LogP) is 3.85. The summed E-state index contributed by atoms with van der Waals surface area (Å²) in [6.07, 6.45) is 2.47. The van der Waals surface area contributed by atoms with E-state index in [1.165, 1.54) is 0 Å². The first-order valence-corrected chi connectivity index (χ1v) is 10.4. The van der Waals surface area contributed by atoms with Crippen LogP contribution < -0.4 is 10.2 Å². The maximum atomic E-state index is 13.4. The maximum absolute atomic E-state index is 13.4. The molecule has 1 aromatic heterocycles. The number of hydrogen-bond donors (Lipinski definition) is 0. The topological polar surface area (TPSA) is 63.0 Å². The second-order valence-corrected chi connectivity index (χ2v) is 7.90. The third-order valence-electron chi connectivity index (χ3n) is 5.44. The molecule has 0 saturated heterocycles. The molecule has 0 bridgehead atoms. The van der Waals surface area contributed by atoms with Crippen molar-refractivity contribution in [2.75, 3.05) is 33.8 Å². The van der Waals surface area contributed by atoms with Crippen molar-refractivity contribution in [1.29, 1.82) is 0 Å². The SMILES string of the molecule is C=CCOc1ccc([C@@H]2c3c(oc4ccccc4c3=O)C(=O)N2CCCN(C)C)cc1. The summed E-state index contributed by atoms with van der Waals surface area (Å²) < 4.78 is 11.5. The van der Waals surface area contributed by atoms with Gasteiger partial charge in [-0.25, -0.2) is 0 Å². The van der Waals surface area contributed by atoms with Crippen LogP contribution in [-0.2, 0) is 0 Å². The molecule has 0 aliphatic carbocycles. The van der Waals surface area contributed by atoms with E-state index in [9.17, 15) is 9.59 Å². The van der Waals surface area contributed by atoms with Gasteiger partial charge in [0, 0.05) is 6.54 Å². The van der Waals surface area contributed by atoms with Gasteiger partial charge in [0.15, 0.2) is 5.43 Å². The highest BCUT2D eigenvalue weighted by molar-refractivity contribution is 5.99. The molecule has 1 aliphatic rings. The molecule has 3 aromatic rings. The van der Waals surface area contributed by atoms with E-state index >= 15 is 0 Å². The first kappa shape index (κ1) is 20.9. The summed E-state index contributed by atoms with van der Waals surface area (Å²) in [5.74, 6) is 0.608. The lowest BCUT2D eigenvalue weighted by Gasteiger charge is -2.26. The highest BCUT2D eigenvalue weighted by Gasteiger charge is 2.42. The first-order chi connectivity index (χ1) is 15.0. The van der Waals surface area contributed by atoms with E-state index in [-0.39, 0.29) is 17.1 Å². The van der Waals surface area contributed by atoms with Crippen molar-refractivity contribution in [2.24, 2.45) is 0 Å². The summed E-state index contributed by atoms with van der Waals surface area (Å²) in [5.41, 5.74) is 1.54. The quantitative estimate of drug-likeness (QED) is 0.520. The van der Waals surface area contributed by atoms with E-state index in [0.29, 0.717) is 35.4 Å². The molecule has 2 heterocycles. The van der Waals surface area contributed by atoms with E-state index in [2.05, 4.69) is 11.5 Å². The summed E-state index contributed by atoms with van der Waals surface area (Å²) in [6, 6.07) is 14.1. The normalized spacial score (nSPS) is 15.5. The zero-order valence-corrected chi connectivity index (χ0v) is 17.8. The second-order valence-electron chi connectivity index (χ2n) is 7.90. The molecule has 1 amide bonds. The molecule has 0 radical (unpaired) electrons. The Kier molecular flexibility index (Phi) is 5.91. The third kappa shape index (κ3) is 3.99. The Bertz CT molecular complexity index is 1160. The van der Waals surface area contributed by atoms with Gasteiger partial charge in [-0.15, -0.1) is 0 Å². The van der Waals surface area contributed by atoms with E-state index in [1.807, 2.05) is 38.4 Å². The van der Waals surface area contributed by atoms with Gasteiger partial charge in [0.2, 0.25) is 5.76 Å². The minimum Gasteiger partial charge on any atom is -0.490 e. The molecule has 0 fully saturated rings. The van der Waals surface area contributed by atoms with Crippen molar-refractivity contribution in [1.82, 2.24) is 9.80 Å². The van der Waals surface area contributed by atoms with Gasteiger partial charge >= 0.3 is 0 Å². The van der Waals surface area contributed by atoms with Gasteiger partial charge in [0.1, 0.15) is 17.9 Å². The fraction of sp³-hybridized carbons (Fsp3) is 0.280. The summed E-state index contributed by atoms with van der Waals surface area (Å²) in [4.78, 5) is 30.5. The minimum atomic E-state index is -0.487. The molecule has 0 unspecified atom stereocenters. The number of carbonyl (C=O) groups excluding carboxylic acids is 1. The molecule has 160 valence electrons. The lowest BCUT2D eigenvalue weighted by atomic mass is 9.98. The zero-order valence-electron chi connectivity index (χ0n) is 17.8. The molecule has 6 heteroatoms. The number of ether oxygens (including phenoxy) is 1. The van der Waals surface area contributed by atoms with Crippen LogP contribution in [-0.4, -0.2) is 49.5 Å². The number of hydrogen-bond acceptors (Lipinski definition) is 5. The van der Waals surface area contributed by atoms with Crippen LogP contribution in [0.15, 0.2) is 70.4 Å². The van der Waals surface area contributed by atoms with Crippen molar-refractivity contribution >= 4 is 16.9 Å². The van der Waals surface area contributed by atoms with Crippen LogP contribution in [0.3, 0.4) is 0 Å². The number of rotatable bonds is 8. The highest BCUT2D eigenvalue weighted by Crippen LogP contribution is 2.38. The standard InChI is InChI=1S/C25H26N2O4/c1-4-16-30-18-12-10-17(11-13-18)22-21-23(28)19-8-5-6-9-20(19)31-24(21)25(29)27(22)15-7-14-26(2)3/h4-6,8-13,22H,1,7,14-16H2,2-3H3/t22-/m1/s1. The van der Waals surface area contributed by atoms with Crippen LogP contribution in [0.2, 0.25) is 0 Å². The largest absolute Gasteiger partial charge is 0.490 e. The van der Waals surface area contributed by atoms with Gasteiger partial charge in [0.05, 0.1) is 17.0 Å². The number of para-hydroxylation sites is 1. The highest BCUT2D eigenvalue weighted by atomic mass is 16.5. The molecule has 4 rings (SSSR count). The molecular formula is C25H26N2O4. The minimum absolute atomic E-state index is 0.144. The van der Waals surface area contributed by atoms with Crippen LogP contribution in [0.1, 0.15) is 34.1 Å². The van der Waals surface area contributed by atoms with Crippen LogP contribution in [0.4, 0.5) is 0 Å². The fourth-order valence-electron chi connectivity index (χ4n) is 4.00. The van der Waals surface area contributed by atoms with Crippen LogP contribution >= 0.6 is 0 Å². The number of amides is 1. The summed E-state index contributed by atoms with van der Waals surface area (Å²) in [5, 5.41) is 0.486. The smallest absolute Gasteiger partial charge is 0.290 e. The van der Waals surface area contributed by atoms with E-state index in [1.54, 1.807) is 35.2 Å². The third-order valence-corrected chi connectivity index (χ3v) is 5.44. The second kappa shape index (κ2) is 8.78. The van der Waals surface area contributed by atoms with Crippen LogP contribution in [0.25, 0.3) is 11.0 Å². The van der Waals surface area contributed by atoms with Crippen molar-refractivity contribution < 1.29 is 13.9 Å². The monoisotopic (exact) mass is 418 g/mol. The Balaban J connectivity index is 1.79. The summed E-state index contributed by atoms with van der Waals surface area (Å²) in [7, 11) is 4.00. The molecule has 31 heavy (non-hydrogen) atoms. The van der Waals surface area contributed by atoms with Crippen molar-refractivity contribution in [3.05, 3.63) is 88.3 Å². The van der Waals surface area contributed by atoms with Crippen molar-refractivity contribution in [3.8, 4) is 5.75 Å². The maximum Gasteiger partial charge on any atom is 0.290 e. The molecular weight excluding hydrogens is 392 g/mol. The zero-order chi connectivity index (χ0) is 22.0. The Hall–Kier alpha value is -3.38. The van der Waals surface area contributed by atoms with Crippen LogP contribution in [0.5, 0.6) is 5.75 Å². The molecule has 6 nitrogen and oxygen atoms in total. The molecule has 1 atom stereocenters. The molecule has 0 spiro atoms. The Morgan fingerprint density at radius 1 is 1.13 bits per heavy atom. The van der Waals surface area contributed by atoms with Gasteiger partial charge in [-0.1, -0.05) is 36.9 Å². The number of carbonyl (C=O) groups is 1. The van der Waals surface area contributed by atoms with Gasteiger partial charge in [-0.2, -0.15) is 0 Å². The average molecular weight is 418 g/mol. The average Bonchev–Trinajstić information content (AvgIpc) is 3.05. The first-order valence-electron chi connectivity index (χ1n) is 10.4. The fourth-order valence-corrected chi connectivity index (χ4v) is 4.00. The predicted molar refractivity (Wildman–Crippen MR) is 121 cm³/mol. The Labute approximate surface area is 181 Å². The van der Waals surface area contributed by atoms with Crippen molar-refractivity contribution in [2.45, 2.75) is 12.5 Å². The van der Waals surface area contributed by atoms with E-state index in [0.717, 1.165) is 18.5 Å². The molecule has 0 saturated carbocycles. The molecule has 2 aromatic carbocycles. The van der Waals surface area contributed by atoms with Gasteiger partial charge < -0.3 is 19.0 Å². The van der Waals surface area contributed by atoms with Crippen LogP contribution in [0, 0.1) is 0 Å². The summed E-state index contributed by atoms with van der Waals surface area (Å²) in [6.45, 7) is 5.43. The molecule has 0 N–H and O–H groups in total. The van der Waals surface area contributed by atoms with Gasteiger partial charge in [-0.3, -0.25) is 9.59 Å².